The molecule has 114 valence electrons. The Kier molecular flexibility index (Phi) is 3.57. The lowest BCUT2D eigenvalue weighted by Crippen LogP contribution is -2.26. The first-order valence-electron chi connectivity index (χ1n) is 8.04. The molecule has 0 bridgehead atoms. The summed E-state index contributed by atoms with van der Waals surface area (Å²) in [4.78, 5) is 7.39. The van der Waals surface area contributed by atoms with Crippen molar-refractivity contribution in [1.82, 2.24) is 15.3 Å². The number of nitriles is 1. The molecule has 0 aliphatic carbocycles. The summed E-state index contributed by atoms with van der Waals surface area (Å²) in [6.07, 6.45) is 5.92. The Morgan fingerprint density at radius 1 is 1.09 bits per heavy atom. The molecule has 1 aliphatic heterocycles. The summed E-state index contributed by atoms with van der Waals surface area (Å²) in [5, 5.41) is 13.6. The third kappa shape index (κ3) is 2.49. The van der Waals surface area contributed by atoms with Crippen LogP contribution in [-0.2, 0) is 0 Å². The summed E-state index contributed by atoms with van der Waals surface area (Å²) in [7, 11) is 0. The predicted molar refractivity (Wildman–Crippen MR) is 91.1 cm³/mol. The van der Waals surface area contributed by atoms with Gasteiger partial charge in [0.1, 0.15) is 11.7 Å². The quantitative estimate of drug-likeness (QED) is 0.760. The minimum atomic E-state index is 0.644. The van der Waals surface area contributed by atoms with Crippen molar-refractivity contribution in [2.75, 3.05) is 13.1 Å². The zero-order valence-corrected chi connectivity index (χ0v) is 12.8. The van der Waals surface area contributed by atoms with E-state index in [0.29, 0.717) is 11.5 Å². The van der Waals surface area contributed by atoms with Crippen LogP contribution in [-0.4, -0.2) is 23.1 Å². The van der Waals surface area contributed by atoms with E-state index in [-0.39, 0.29) is 0 Å². The first-order chi connectivity index (χ1) is 11.4. The maximum atomic E-state index is 9.31. The Morgan fingerprint density at radius 2 is 1.87 bits per heavy atom. The first kappa shape index (κ1) is 14.0. The van der Waals surface area contributed by atoms with Crippen LogP contribution < -0.4 is 5.32 Å². The normalized spacial score (nSPS) is 15.6. The molecule has 1 aliphatic rings. The summed E-state index contributed by atoms with van der Waals surface area (Å²) in [5.74, 6) is 0.657. The van der Waals surface area contributed by atoms with Crippen molar-refractivity contribution in [3.05, 3.63) is 53.9 Å². The molecule has 0 radical (unpaired) electrons. The van der Waals surface area contributed by atoms with Gasteiger partial charge in [-0.25, -0.2) is 4.98 Å². The fourth-order valence-electron chi connectivity index (χ4n) is 3.48. The summed E-state index contributed by atoms with van der Waals surface area (Å²) < 4.78 is 0. The van der Waals surface area contributed by atoms with E-state index in [4.69, 9.17) is 0 Å². The van der Waals surface area contributed by atoms with Gasteiger partial charge in [-0.15, -0.1) is 0 Å². The highest BCUT2D eigenvalue weighted by Crippen LogP contribution is 2.32. The van der Waals surface area contributed by atoms with E-state index >= 15 is 0 Å². The second-order valence-electron chi connectivity index (χ2n) is 6.04. The van der Waals surface area contributed by atoms with E-state index in [0.717, 1.165) is 35.2 Å². The molecular weight excluding hydrogens is 284 g/mol. The number of aromatic amines is 1. The van der Waals surface area contributed by atoms with Crippen molar-refractivity contribution in [3.63, 3.8) is 0 Å². The number of pyridine rings is 1. The highest BCUT2D eigenvalue weighted by molar-refractivity contribution is 5.97. The second kappa shape index (κ2) is 5.86. The number of hydrogen-bond acceptors (Lipinski definition) is 3. The molecule has 2 aromatic heterocycles. The molecule has 0 amide bonds. The molecule has 23 heavy (non-hydrogen) atoms. The van der Waals surface area contributed by atoms with E-state index < -0.39 is 0 Å². The zero-order chi connectivity index (χ0) is 15.6. The van der Waals surface area contributed by atoms with Crippen LogP contribution in [0.25, 0.3) is 22.2 Å². The van der Waals surface area contributed by atoms with Gasteiger partial charge >= 0.3 is 0 Å². The summed E-state index contributed by atoms with van der Waals surface area (Å²) in [5.41, 5.74) is 5.01. The Morgan fingerprint density at radius 3 is 2.61 bits per heavy atom. The second-order valence-corrected chi connectivity index (χ2v) is 6.04. The number of nitrogens with one attached hydrogen (secondary N) is 2. The van der Waals surface area contributed by atoms with Crippen LogP contribution in [0, 0.1) is 11.3 Å². The van der Waals surface area contributed by atoms with Crippen LogP contribution in [0.3, 0.4) is 0 Å². The summed E-state index contributed by atoms with van der Waals surface area (Å²) >= 11 is 0. The molecule has 0 spiro atoms. The molecule has 0 saturated carbocycles. The predicted octanol–water partition coefficient (Wildman–Crippen LogP) is 3.57. The van der Waals surface area contributed by atoms with Gasteiger partial charge in [0.25, 0.3) is 0 Å². The number of aromatic nitrogens is 2. The van der Waals surface area contributed by atoms with Gasteiger partial charge in [0.15, 0.2) is 0 Å². The number of fused-ring (bicyclic) bond motifs is 1. The number of benzene rings is 1. The van der Waals surface area contributed by atoms with Crippen molar-refractivity contribution in [2.45, 2.75) is 18.8 Å². The van der Waals surface area contributed by atoms with Gasteiger partial charge in [-0.3, -0.25) is 0 Å². The molecule has 2 N–H and O–H groups in total. The molecule has 0 atom stereocenters. The van der Waals surface area contributed by atoms with Gasteiger partial charge in [-0.05, 0) is 54.6 Å². The molecule has 4 heteroatoms. The van der Waals surface area contributed by atoms with Gasteiger partial charge in [0.05, 0.1) is 5.56 Å². The average Bonchev–Trinajstić information content (AvgIpc) is 3.06. The van der Waals surface area contributed by atoms with Crippen molar-refractivity contribution in [3.8, 4) is 17.2 Å². The highest BCUT2D eigenvalue weighted by Gasteiger charge is 2.16. The van der Waals surface area contributed by atoms with Gasteiger partial charge in [0.2, 0.25) is 0 Å². The molecular formula is C19H18N4. The van der Waals surface area contributed by atoms with Gasteiger partial charge in [0, 0.05) is 17.8 Å². The van der Waals surface area contributed by atoms with Gasteiger partial charge in [-0.2, -0.15) is 5.26 Å². The highest BCUT2D eigenvalue weighted by atomic mass is 14.9. The van der Waals surface area contributed by atoms with Crippen LogP contribution >= 0.6 is 0 Å². The lowest BCUT2D eigenvalue weighted by Gasteiger charge is -2.23. The lowest BCUT2D eigenvalue weighted by atomic mass is 9.89. The van der Waals surface area contributed by atoms with Gasteiger partial charge in [-0.1, -0.05) is 24.3 Å². The molecule has 3 heterocycles. The van der Waals surface area contributed by atoms with Gasteiger partial charge < -0.3 is 10.3 Å². The van der Waals surface area contributed by atoms with Crippen LogP contribution in [0.4, 0.5) is 0 Å². The summed E-state index contributed by atoms with van der Waals surface area (Å²) in [6.45, 7) is 2.21. The Hall–Kier alpha value is -2.64. The maximum Gasteiger partial charge on any atom is 0.139 e. The number of H-pyrrole nitrogens is 1. The number of piperidine rings is 1. The minimum absolute atomic E-state index is 0.644. The monoisotopic (exact) mass is 302 g/mol. The maximum absolute atomic E-state index is 9.31. The van der Waals surface area contributed by atoms with Crippen LogP contribution in [0.5, 0.6) is 0 Å². The third-order valence-electron chi connectivity index (χ3n) is 4.73. The average molecular weight is 302 g/mol. The number of nitrogens with zero attached hydrogens (tertiary/aromatic N) is 2. The van der Waals surface area contributed by atoms with E-state index in [1.807, 2.05) is 6.07 Å². The number of rotatable bonds is 2. The SMILES string of the molecule is N#Cc1c[nH]c2nccc(-c3ccc(C4CCNCC4)cc3)c12. The van der Waals surface area contributed by atoms with Crippen molar-refractivity contribution >= 4 is 11.0 Å². The van der Waals surface area contributed by atoms with Crippen LogP contribution in [0.2, 0.25) is 0 Å². The Balaban J connectivity index is 1.74. The van der Waals surface area contributed by atoms with E-state index in [2.05, 4.69) is 45.6 Å². The molecule has 4 rings (SSSR count). The zero-order valence-electron chi connectivity index (χ0n) is 12.8. The number of hydrogen-bond donors (Lipinski definition) is 2. The van der Waals surface area contributed by atoms with Crippen molar-refractivity contribution < 1.29 is 0 Å². The molecule has 1 saturated heterocycles. The topological polar surface area (TPSA) is 64.5 Å². The first-order valence-corrected chi connectivity index (χ1v) is 8.04. The third-order valence-corrected chi connectivity index (χ3v) is 4.73. The standard InChI is InChI=1S/C19H18N4/c20-11-16-12-23-19-18(16)17(7-10-22-19)15-3-1-13(2-4-15)14-5-8-21-9-6-14/h1-4,7,10,12,14,21H,5-6,8-9H2,(H,22,23). The largest absolute Gasteiger partial charge is 0.345 e. The molecule has 0 unspecified atom stereocenters. The van der Waals surface area contributed by atoms with Crippen molar-refractivity contribution in [2.24, 2.45) is 0 Å². The fraction of sp³-hybridized carbons (Fsp3) is 0.263. The Labute approximate surface area is 135 Å². The molecule has 1 fully saturated rings. The van der Waals surface area contributed by atoms with E-state index in [1.165, 1.54) is 18.4 Å². The van der Waals surface area contributed by atoms with Crippen molar-refractivity contribution in [1.29, 1.82) is 5.26 Å². The van der Waals surface area contributed by atoms with E-state index in [9.17, 15) is 5.26 Å². The molecule has 3 aromatic rings. The lowest BCUT2D eigenvalue weighted by molar-refractivity contribution is 0.460. The van der Waals surface area contributed by atoms with E-state index in [1.54, 1.807) is 12.4 Å². The molecule has 1 aromatic carbocycles. The van der Waals surface area contributed by atoms with Crippen LogP contribution in [0.1, 0.15) is 29.9 Å². The minimum Gasteiger partial charge on any atom is -0.345 e. The molecule has 4 nitrogen and oxygen atoms in total. The fourth-order valence-corrected chi connectivity index (χ4v) is 3.48. The smallest absolute Gasteiger partial charge is 0.139 e. The summed E-state index contributed by atoms with van der Waals surface area (Å²) in [6, 6.07) is 13.0. The van der Waals surface area contributed by atoms with Crippen LogP contribution in [0.15, 0.2) is 42.7 Å². The Bertz CT molecular complexity index is 865.